The number of anilines is 1. The number of halogens is 3. The number of amides is 2. The standard InChI is InChI=1S/C19H24F3N3O2/c20-19(21,22)15-6-2-7-16(12-15)23-17(26)13-24-8-3-9-25(11-10-24)18(27)14-4-1-5-14/h2,6-7,12,14H,1,3-5,8-11,13H2,(H,23,26). The highest BCUT2D eigenvalue weighted by Crippen LogP contribution is 2.31. The van der Waals surface area contributed by atoms with E-state index >= 15 is 0 Å². The molecule has 0 radical (unpaired) electrons. The third-order valence-corrected chi connectivity index (χ3v) is 5.20. The Labute approximate surface area is 156 Å². The van der Waals surface area contributed by atoms with Gasteiger partial charge in [-0.1, -0.05) is 12.5 Å². The van der Waals surface area contributed by atoms with Gasteiger partial charge < -0.3 is 10.2 Å². The van der Waals surface area contributed by atoms with E-state index < -0.39 is 11.7 Å². The maximum Gasteiger partial charge on any atom is 0.416 e. The molecule has 27 heavy (non-hydrogen) atoms. The van der Waals surface area contributed by atoms with Crippen LogP contribution in [0.5, 0.6) is 0 Å². The molecule has 0 atom stereocenters. The average Bonchev–Trinajstić information content (AvgIpc) is 2.78. The second-order valence-electron chi connectivity index (χ2n) is 7.21. The molecule has 3 rings (SSSR count). The van der Waals surface area contributed by atoms with E-state index in [1.165, 1.54) is 12.1 Å². The van der Waals surface area contributed by atoms with Gasteiger partial charge in [-0.2, -0.15) is 13.2 Å². The largest absolute Gasteiger partial charge is 0.416 e. The van der Waals surface area contributed by atoms with Crippen molar-refractivity contribution in [2.45, 2.75) is 31.9 Å². The first-order chi connectivity index (χ1) is 12.8. The lowest BCUT2D eigenvalue weighted by Gasteiger charge is -2.31. The molecule has 148 valence electrons. The van der Waals surface area contributed by atoms with Gasteiger partial charge in [0.2, 0.25) is 11.8 Å². The molecular formula is C19H24F3N3O2. The molecule has 1 aliphatic heterocycles. The minimum absolute atomic E-state index is 0.0989. The van der Waals surface area contributed by atoms with E-state index in [0.29, 0.717) is 26.2 Å². The van der Waals surface area contributed by atoms with Crippen molar-refractivity contribution in [1.82, 2.24) is 9.80 Å². The summed E-state index contributed by atoms with van der Waals surface area (Å²) < 4.78 is 38.3. The van der Waals surface area contributed by atoms with Gasteiger partial charge in [0, 0.05) is 37.8 Å². The lowest BCUT2D eigenvalue weighted by atomic mass is 9.84. The summed E-state index contributed by atoms with van der Waals surface area (Å²) in [4.78, 5) is 28.4. The molecule has 1 saturated carbocycles. The van der Waals surface area contributed by atoms with E-state index in [0.717, 1.165) is 37.8 Å². The first-order valence-corrected chi connectivity index (χ1v) is 9.31. The molecule has 2 aliphatic rings. The van der Waals surface area contributed by atoms with E-state index in [2.05, 4.69) is 5.32 Å². The van der Waals surface area contributed by atoms with Gasteiger partial charge in [-0.05, 0) is 37.5 Å². The van der Waals surface area contributed by atoms with Crippen LogP contribution in [-0.2, 0) is 15.8 Å². The molecule has 1 aromatic carbocycles. The molecule has 1 aliphatic carbocycles. The lowest BCUT2D eigenvalue weighted by Crippen LogP contribution is -2.41. The molecule has 1 N–H and O–H groups in total. The fourth-order valence-corrected chi connectivity index (χ4v) is 3.44. The zero-order valence-corrected chi connectivity index (χ0v) is 15.1. The van der Waals surface area contributed by atoms with E-state index in [-0.39, 0.29) is 30.0 Å². The molecule has 1 aromatic rings. The fourth-order valence-electron chi connectivity index (χ4n) is 3.44. The predicted molar refractivity (Wildman–Crippen MR) is 95.1 cm³/mol. The number of alkyl halides is 3. The van der Waals surface area contributed by atoms with Crippen molar-refractivity contribution < 1.29 is 22.8 Å². The van der Waals surface area contributed by atoms with E-state index in [4.69, 9.17) is 0 Å². The van der Waals surface area contributed by atoms with Crippen molar-refractivity contribution >= 4 is 17.5 Å². The lowest BCUT2D eigenvalue weighted by molar-refractivity contribution is -0.138. The van der Waals surface area contributed by atoms with Crippen molar-refractivity contribution in [2.24, 2.45) is 5.92 Å². The van der Waals surface area contributed by atoms with Crippen LogP contribution in [0.1, 0.15) is 31.2 Å². The second-order valence-corrected chi connectivity index (χ2v) is 7.21. The van der Waals surface area contributed by atoms with Crippen molar-refractivity contribution in [3.8, 4) is 0 Å². The van der Waals surface area contributed by atoms with Gasteiger partial charge in [0.25, 0.3) is 0 Å². The van der Waals surface area contributed by atoms with Crippen LogP contribution in [-0.4, -0.2) is 54.3 Å². The number of carbonyl (C=O) groups excluding carboxylic acids is 2. The van der Waals surface area contributed by atoms with Gasteiger partial charge in [0.05, 0.1) is 12.1 Å². The van der Waals surface area contributed by atoms with Gasteiger partial charge in [0.15, 0.2) is 0 Å². The maximum absolute atomic E-state index is 12.8. The number of nitrogens with zero attached hydrogens (tertiary/aromatic N) is 2. The minimum atomic E-state index is -4.44. The van der Waals surface area contributed by atoms with E-state index in [9.17, 15) is 22.8 Å². The maximum atomic E-state index is 12.8. The van der Waals surface area contributed by atoms with Gasteiger partial charge in [-0.15, -0.1) is 0 Å². The van der Waals surface area contributed by atoms with Crippen LogP contribution in [0.4, 0.5) is 18.9 Å². The monoisotopic (exact) mass is 383 g/mol. The molecular weight excluding hydrogens is 359 g/mol. The molecule has 0 unspecified atom stereocenters. The summed E-state index contributed by atoms with van der Waals surface area (Å²) in [5, 5.41) is 2.53. The van der Waals surface area contributed by atoms with Gasteiger partial charge in [-0.3, -0.25) is 14.5 Å². The van der Waals surface area contributed by atoms with Crippen molar-refractivity contribution in [1.29, 1.82) is 0 Å². The Hall–Kier alpha value is -2.09. The van der Waals surface area contributed by atoms with E-state index in [1.54, 1.807) is 0 Å². The highest BCUT2D eigenvalue weighted by molar-refractivity contribution is 5.92. The zero-order valence-electron chi connectivity index (χ0n) is 15.1. The second kappa shape index (κ2) is 8.29. The molecule has 1 saturated heterocycles. The SMILES string of the molecule is O=C(CN1CCCN(C(=O)C2CCC2)CC1)Nc1cccc(C(F)(F)F)c1. The Morgan fingerprint density at radius 3 is 2.52 bits per heavy atom. The summed E-state index contributed by atoms with van der Waals surface area (Å²) in [6.45, 7) is 2.66. The molecule has 2 fully saturated rings. The molecule has 2 amide bonds. The molecule has 5 nitrogen and oxygen atoms in total. The van der Waals surface area contributed by atoms with Crippen molar-refractivity contribution in [2.75, 3.05) is 38.0 Å². The summed E-state index contributed by atoms with van der Waals surface area (Å²) in [5.74, 6) is 0.0327. The quantitative estimate of drug-likeness (QED) is 0.870. The highest BCUT2D eigenvalue weighted by atomic mass is 19.4. The van der Waals surface area contributed by atoms with Crippen LogP contribution < -0.4 is 5.32 Å². The van der Waals surface area contributed by atoms with Crippen LogP contribution in [0.2, 0.25) is 0 Å². The summed E-state index contributed by atoms with van der Waals surface area (Å²) in [6.07, 6.45) is -0.597. The third kappa shape index (κ3) is 5.22. The highest BCUT2D eigenvalue weighted by Gasteiger charge is 2.31. The van der Waals surface area contributed by atoms with Gasteiger partial charge in [-0.25, -0.2) is 0 Å². The predicted octanol–water partition coefficient (Wildman–Crippen LogP) is 2.98. The first-order valence-electron chi connectivity index (χ1n) is 9.31. The van der Waals surface area contributed by atoms with Gasteiger partial charge in [0.1, 0.15) is 0 Å². The number of hydrogen-bond acceptors (Lipinski definition) is 3. The van der Waals surface area contributed by atoms with Crippen molar-refractivity contribution in [3.05, 3.63) is 29.8 Å². The van der Waals surface area contributed by atoms with Crippen molar-refractivity contribution in [3.63, 3.8) is 0 Å². The Morgan fingerprint density at radius 2 is 1.85 bits per heavy atom. The number of benzene rings is 1. The van der Waals surface area contributed by atoms with E-state index in [1.807, 2.05) is 9.80 Å². The fraction of sp³-hybridized carbons (Fsp3) is 0.579. The third-order valence-electron chi connectivity index (χ3n) is 5.20. The van der Waals surface area contributed by atoms with Gasteiger partial charge >= 0.3 is 6.18 Å². The number of hydrogen-bond donors (Lipinski definition) is 1. The summed E-state index contributed by atoms with van der Waals surface area (Å²) in [7, 11) is 0. The number of rotatable bonds is 4. The van der Waals surface area contributed by atoms with Crippen LogP contribution in [0.3, 0.4) is 0 Å². The van der Waals surface area contributed by atoms with Crippen LogP contribution >= 0.6 is 0 Å². The normalized spacial score (nSPS) is 19.3. The molecule has 0 spiro atoms. The molecule has 1 heterocycles. The Kier molecular flexibility index (Phi) is 6.04. The zero-order chi connectivity index (χ0) is 19.4. The topological polar surface area (TPSA) is 52.7 Å². The number of nitrogens with one attached hydrogen (secondary N) is 1. The molecule has 0 aromatic heterocycles. The van der Waals surface area contributed by atoms with Crippen LogP contribution in [0, 0.1) is 5.92 Å². The Bertz CT molecular complexity index is 689. The first kappa shape index (κ1) is 19.7. The molecule has 8 heteroatoms. The summed E-state index contributed by atoms with van der Waals surface area (Å²) >= 11 is 0. The smallest absolute Gasteiger partial charge is 0.341 e. The Balaban J connectivity index is 1.50. The number of carbonyl (C=O) groups is 2. The summed E-state index contributed by atoms with van der Waals surface area (Å²) in [5.41, 5.74) is -0.661. The average molecular weight is 383 g/mol. The van der Waals surface area contributed by atoms with Crippen LogP contribution in [0.15, 0.2) is 24.3 Å². The Morgan fingerprint density at radius 1 is 1.07 bits per heavy atom. The summed E-state index contributed by atoms with van der Waals surface area (Å²) in [6, 6.07) is 4.61. The minimum Gasteiger partial charge on any atom is -0.341 e. The van der Waals surface area contributed by atoms with Crippen LogP contribution in [0.25, 0.3) is 0 Å². The molecule has 0 bridgehead atoms.